The van der Waals surface area contributed by atoms with E-state index < -0.39 is 0 Å². The fourth-order valence-corrected chi connectivity index (χ4v) is 2.16. The summed E-state index contributed by atoms with van der Waals surface area (Å²) in [6.45, 7) is 0. The Balaban J connectivity index is 0.000000233. The molecule has 0 amide bonds. The number of aromatic hydroxyl groups is 1. The second-order valence-electron chi connectivity index (χ2n) is 5.90. The molecule has 3 rings (SSSR count). The normalized spacial score (nSPS) is 10.1. The summed E-state index contributed by atoms with van der Waals surface area (Å²) < 4.78 is 0. The Bertz CT molecular complexity index is 917. The standard InChI is InChI=1S/C9H8O2.2C9H8O/c10-7-1-2-8-3-5-9(11)6-4-8;2*10-8-4-7-9-5-2-1-3-6-9/h1-7,11H;2*1-8H/b2-1+;2*7-4+. The first-order chi connectivity index (χ1) is 15.2. The Hall–Kier alpha value is -4.31. The smallest absolute Gasteiger partial charge is 0.142 e. The van der Waals surface area contributed by atoms with Gasteiger partial charge < -0.3 is 5.11 Å². The zero-order valence-corrected chi connectivity index (χ0v) is 17.0. The van der Waals surface area contributed by atoms with E-state index in [9.17, 15) is 14.4 Å². The molecule has 4 heteroatoms. The van der Waals surface area contributed by atoms with E-state index >= 15 is 0 Å². The van der Waals surface area contributed by atoms with E-state index in [0.717, 1.165) is 29.3 Å². The van der Waals surface area contributed by atoms with Crippen molar-refractivity contribution >= 4 is 37.1 Å². The third-order valence-corrected chi connectivity index (χ3v) is 3.59. The summed E-state index contributed by atoms with van der Waals surface area (Å²) in [6, 6.07) is 26.0. The van der Waals surface area contributed by atoms with Crippen LogP contribution in [0.5, 0.6) is 5.75 Å². The fraction of sp³-hybridized carbons (Fsp3) is 0. The zero-order valence-electron chi connectivity index (χ0n) is 17.0. The van der Waals surface area contributed by atoms with Crippen LogP contribution in [0.2, 0.25) is 0 Å². The molecule has 0 aliphatic carbocycles. The van der Waals surface area contributed by atoms with Crippen molar-refractivity contribution in [1.29, 1.82) is 0 Å². The average Bonchev–Trinajstić information content (AvgIpc) is 2.83. The Labute approximate surface area is 182 Å². The van der Waals surface area contributed by atoms with Crippen molar-refractivity contribution in [2.24, 2.45) is 0 Å². The molecule has 0 fully saturated rings. The predicted octanol–water partition coefficient (Wildman–Crippen LogP) is 5.40. The van der Waals surface area contributed by atoms with Crippen LogP contribution in [0.15, 0.2) is 103 Å². The van der Waals surface area contributed by atoms with Crippen LogP contribution in [-0.4, -0.2) is 24.0 Å². The molecule has 0 saturated heterocycles. The van der Waals surface area contributed by atoms with Crippen LogP contribution in [0, 0.1) is 0 Å². The number of phenolic OH excluding ortho intramolecular Hbond substituents is 1. The molecule has 1 N–H and O–H groups in total. The summed E-state index contributed by atoms with van der Waals surface area (Å²) >= 11 is 0. The summed E-state index contributed by atoms with van der Waals surface area (Å²) in [6.07, 6.45) is 11.8. The molecule has 0 aromatic heterocycles. The van der Waals surface area contributed by atoms with Gasteiger partial charge in [0.15, 0.2) is 0 Å². The second-order valence-corrected chi connectivity index (χ2v) is 5.90. The first-order valence-electron chi connectivity index (χ1n) is 9.44. The van der Waals surface area contributed by atoms with Gasteiger partial charge in [-0.3, -0.25) is 14.4 Å². The summed E-state index contributed by atoms with van der Waals surface area (Å²) in [5.41, 5.74) is 3.00. The van der Waals surface area contributed by atoms with Crippen molar-refractivity contribution < 1.29 is 19.5 Å². The van der Waals surface area contributed by atoms with Gasteiger partial charge in [0, 0.05) is 0 Å². The van der Waals surface area contributed by atoms with E-state index in [0.29, 0.717) is 6.29 Å². The van der Waals surface area contributed by atoms with E-state index in [-0.39, 0.29) is 5.75 Å². The van der Waals surface area contributed by atoms with Gasteiger partial charge in [-0.2, -0.15) is 0 Å². The van der Waals surface area contributed by atoms with Crippen molar-refractivity contribution in [2.45, 2.75) is 0 Å². The van der Waals surface area contributed by atoms with Crippen molar-refractivity contribution in [3.8, 4) is 5.75 Å². The van der Waals surface area contributed by atoms with E-state index in [2.05, 4.69) is 0 Å². The highest BCUT2D eigenvalue weighted by Gasteiger charge is 1.86. The first-order valence-corrected chi connectivity index (χ1v) is 9.44. The van der Waals surface area contributed by atoms with E-state index in [1.807, 2.05) is 60.7 Å². The number of allylic oxidation sites excluding steroid dienone is 3. The lowest BCUT2D eigenvalue weighted by atomic mass is 10.2. The maximum Gasteiger partial charge on any atom is 0.142 e. The van der Waals surface area contributed by atoms with Crippen molar-refractivity contribution in [3.63, 3.8) is 0 Å². The molecule has 156 valence electrons. The van der Waals surface area contributed by atoms with Gasteiger partial charge in [0.2, 0.25) is 0 Å². The van der Waals surface area contributed by atoms with Crippen molar-refractivity contribution in [1.82, 2.24) is 0 Å². The molecule has 4 nitrogen and oxygen atoms in total. The van der Waals surface area contributed by atoms with Crippen LogP contribution in [0.1, 0.15) is 16.7 Å². The Kier molecular flexibility index (Phi) is 13.3. The zero-order chi connectivity index (χ0) is 22.6. The molecule has 0 unspecified atom stereocenters. The molecule has 3 aromatic carbocycles. The van der Waals surface area contributed by atoms with Crippen molar-refractivity contribution in [3.05, 3.63) is 120 Å². The highest BCUT2D eigenvalue weighted by Crippen LogP contribution is 2.10. The molecule has 3 aromatic rings. The molecule has 31 heavy (non-hydrogen) atoms. The second kappa shape index (κ2) is 16.6. The molecule has 0 aliphatic heterocycles. The van der Waals surface area contributed by atoms with Crippen LogP contribution in [0.4, 0.5) is 0 Å². The van der Waals surface area contributed by atoms with Gasteiger partial charge >= 0.3 is 0 Å². The lowest BCUT2D eigenvalue weighted by Gasteiger charge is -1.91. The number of hydrogen-bond donors (Lipinski definition) is 1. The summed E-state index contributed by atoms with van der Waals surface area (Å²) in [7, 11) is 0. The molecule has 0 aliphatic rings. The highest BCUT2D eigenvalue weighted by molar-refractivity contribution is 5.74. The minimum absolute atomic E-state index is 0.230. The number of rotatable bonds is 6. The first kappa shape index (κ1) is 24.7. The predicted molar refractivity (Wildman–Crippen MR) is 126 cm³/mol. The third-order valence-electron chi connectivity index (χ3n) is 3.59. The van der Waals surface area contributed by atoms with Crippen molar-refractivity contribution in [2.75, 3.05) is 0 Å². The van der Waals surface area contributed by atoms with Gasteiger partial charge in [0.25, 0.3) is 0 Å². The quantitative estimate of drug-likeness (QED) is 0.435. The van der Waals surface area contributed by atoms with Crippen LogP contribution in [0.25, 0.3) is 18.2 Å². The number of carbonyl (C=O) groups excluding carboxylic acids is 3. The summed E-state index contributed by atoms with van der Waals surface area (Å²) in [4.78, 5) is 29.7. The van der Waals surface area contributed by atoms with Gasteiger partial charge in [-0.25, -0.2) is 0 Å². The molecule has 0 radical (unpaired) electrons. The van der Waals surface area contributed by atoms with Gasteiger partial charge in [-0.05, 0) is 47.1 Å². The van der Waals surface area contributed by atoms with E-state index in [1.54, 1.807) is 42.5 Å². The third kappa shape index (κ3) is 12.7. The molecule has 0 heterocycles. The van der Waals surface area contributed by atoms with Gasteiger partial charge in [-0.15, -0.1) is 0 Å². The van der Waals surface area contributed by atoms with Crippen LogP contribution < -0.4 is 0 Å². The summed E-state index contributed by atoms with van der Waals surface area (Å²) in [5.74, 6) is 0.230. The number of phenols is 1. The summed E-state index contributed by atoms with van der Waals surface area (Å²) in [5, 5.41) is 8.89. The number of aldehydes is 3. The Morgan fingerprint density at radius 1 is 0.452 bits per heavy atom. The topological polar surface area (TPSA) is 71.4 Å². The maximum absolute atomic E-state index is 9.91. The van der Waals surface area contributed by atoms with Gasteiger partial charge in [0.1, 0.15) is 24.6 Å². The minimum atomic E-state index is 0.230. The number of benzene rings is 3. The molecule has 0 spiro atoms. The maximum atomic E-state index is 9.91. The highest BCUT2D eigenvalue weighted by atomic mass is 16.3. The van der Waals surface area contributed by atoms with Crippen LogP contribution >= 0.6 is 0 Å². The monoisotopic (exact) mass is 412 g/mol. The fourth-order valence-electron chi connectivity index (χ4n) is 2.16. The lowest BCUT2D eigenvalue weighted by molar-refractivity contribution is -0.104. The molecule has 0 atom stereocenters. The van der Waals surface area contributed by atoms with E-state index in [1.165, 1.54) is 18.2 Å². The molecule has 0 bridgehead atoms. The van der Waals surface area contributed by atoms with Crippen LogP contribution in [0.3, 0.4) is 0 Å². The minimum Gasteiger partial charge on any atom is -0.508 e. The van der Waals surface area contributed by atoms with Crippen LogP contribution in [-0.2, 0) is 14.4 Å². The average molecular weight is 412 g/mol. The molecular formula is C27H24O4. The SMILES string of the molecule is O=C/C=C/c1ccc(O)cc1.O=C/C=C/c1ccccc1.O=C/C=C/c1ccccc1. The van der Waals surface area contributed by atoms with Gasteiger partial charge in [0.05, 0.1) is 0 Å². The number of carbonyl (C=O) groups is 3. The number of hydrogen-bond acceptors (Lipinski definition) is 4. The van der Waals surface area contributed by atoms with Gasteiger partial charge in [-0.1, -0.05) is 91.0 Å². The Morgan fingerprint density at radius 3 is 1.10 bits per heavy atom. The lowest BCUT2D eigenvalue weighted by Crippen LogP contribution is -1.70. The van der Waals surface area contributed by atoms with E-state index in [4.69, 9.17) is 5.11 Å². The Morgan fingerprint density at radius 2 is 0.774 bits per heavy atom. The largest absolute Gasteiger partial charge is 0.508 e. The molecule has 0 saturated carbocycles. The molecular weight excluding hydrogens is 388 g/mol.